The van der Waals surface area contributed by atoms with Gasteiger partial charge in [-0.05, 0) is 29.9 Å². The number of hydrogen-bond donors (Lipinski definition) is 1. The van der Waals surface area contributed by atoms with Crippen molar-refractivity contribution in [3.63, 3.8) is 0 Å². The van der Waals surface area contributed by atoms with Gasteiger partial charge in [0, 0.05) is 5.75 Å². The minimum Gasteiger partial charge on any atom is -0.384 e. The molecule has 2 rings (SSSR count). The summed E-state index contributed by atoms with van der Waals surface area (Å²) in [5, 5.41) is 10.1. The normalized spacial score (nSPS) is 25.2. The first kappa shape index (κ1) is 12.7. The van der Waals surface area contributed by atoms with E-state index in [9.17, 15) is 22.7 Å². The quantitative estimate of drug-likeness (QED) is 0.788. The van der Waals surface area contributed by atoms with Gasteiger partial charge in [-0.3, -0.25) is 0 Å². The second kappa shape index (κ2) is 4.17. The molecule has 6 heteroatoms. The molecule has 0 spiro atoms. The molecule has 94 valence electrons. The Morgan fingerprint density at radius 2 is 2.00 bits per heavy atom. The molecule has 1 aliphatic heterocycles. The summed E-state index contributed by atoms with van der Waals surface area (Å²) in [6, 6.07) is 2.69. The lowest BCUT2D eigenvalue weighted by Gasteiger charge is -2.23. The van der Waals surface area contributed by atoms with Crippen molar-refractivity contribution in [3.05, 3.63) is 35.1 Å². The van der Waals surface area contributed by atoms with Crippen molar-refractivity contribution in [2.24, 2.45) is 0 Å². The number of rotatable bonds is 1. The Bertz CT molecular complexity index is 424. The molecule has 0 saturated carbocycles. The van der Waals surface area contributed by atoms with Gasteiger partial charge >= 0.3 is 6.18 Å². The lowest BCUT2D eigenvalue weighted by Crippen LogP contribution is -2.25. The molecule has 1 fully saturated rings. The van der Waals surface area contributed by atoms with Crippen molar-refractivity contribution in [1.82, 2.24) is 0 Å². The van der Waals surface area contributed by atoms with Crippen molar-refractivity contribution < 1.29 is 22.7 Å². The summed E-state index contributed by atoms with van der Waals surface area (Å²) in [5.74, 6) is -0.277. The maximum atomic E-state index is 13.1. The van der Waals surface area contributed by atoms with Gasteiger partial charge in [-0.25, -0.2) is 4.39 Å². The van der Waals surface area contributed by atoms with Crippen LogP contribution in [0.2, 0.25) is 0 Å². The highest BCUT2D eigenvalue weighted by Crippen LogP contribution is 2.39. The Hall–Kier alpha value is -0.750. The van der Waals surface area contributed by atoms with E-state index in [1.54, 1.807) is 0 Å². The standard InChI is InChI=1S/C11H10F4OS/c12-9-2-1-7(5-8(9)11(13,14)15)10(16)3-4-17-6-10/h1-2,5,16H,3-4,6H2. The number of thioether (sulfide) groups is 1. The Morgan fingerprint density at radius 1 is 1.29 bits per heavy atom. The Labute approximate surface area is 99.8 Å². The SMILES string of the molecule is OC1(c2ccc(F)c(C(F)(F)F)c2)CCSC1. The predicted molar refractivity (Wildman–Crippen MR) is 57.2 cm³/mol. The molecule has 17 heavy (non-hydrogen) atoms. The lowest BCUT2D eigenvalue weighted by molar-refractivity contribution is -0.140. The second-order valence-electron chi connectivity index (χ2n) is 4.03. The molecule has 0 radical (unpaired) electrons. The molecule has 1 N–H and O–H groups in total. The van der Waals surface area contributed by atoms with E-state index in [4.69, 9.17) is 0 Å². The molecule has 1 atom stereocenters. The van der Waals surface area contributed by atoms with Crippen LogP contribution in [0.15, 0.2) is 18.2 Å². The molecule has 1 aromatic carbocycles. The maximum absolute atomic E-state index is 13.1. The first-order valence-corrected chi connectivity index (χ1v) is 6.16. The summed E-state index contributed by atoms with van der Waals surface area (Å²) in [4.78, 5) is 0. The first-order valence-electron chi connectivity index (χ1n) is 5.00. The fraction of sp³-hybridized carbons (Fsp3) is 0.455. The van der Waals surface area contributed by atoms with E-state index >= 15 is 0 Å². The van der Waals surface area contributed by atoms with Crippen molar-refractivity contribution in [2.45, 2.75) is 18.2 Å². The van der Waals surface area contributed by atoms with Gasteiger partial charge in [-0.2, -0.15) is 24.9 Å². The zero-order valence-corrected chi connectivity index (χ0v) is 9.54. The van der Waals surface area contributed by atoms with Crippen LogP contribution in [0, 0.1) is 5.82 Å². The van der Waals surface area contributed by atoms with Crippen LogP contribution in [0.4, 0.5) is 17.6 Å². The topological polar surface area (TPSA) is 20.2 Å². The summed E-state index contributed by atoms with van der Waals surface area (Å²) < 4.78 is 50.6. The fourth-order valence-corrected chi connectivity index (χ4v) is 3.09. The van der Waals surface area contributed by atoms with E-state index in [2.05, 4.69) is 0 Å². The van der Waals surface area contributed by atoms with E-state index in [1.807, 2.05) is 0 Å². The van der Waals surface area contributed by atoms with Gasteiger partial charge in [-0.1, -0.05) is 6.07 Å². The number of halogens is 4. The van der Waals surface area contributed by atoms with Crippen LogP contribution in [0.3, 0.4) is 0 Å². The Kier molecular flexibility index (Phi) is 3.12. The molecule has 1 saturated heterocycles. The van der Waals surface area contributed by atoms with Crippen molar-refractivity contribution in [1.29, 1.82) is 0 Å². The van der Waals surface area contributed by atoms with Gasteiger partial charge < -0.3 is 5.11 Å². The fourth-order valence-electron chi connectivity index (χ4n) is 1.81. The van der Waals surface area contributed by atoms with Crippen LogP contribution >= 0.6 is 11.8 Å². The van der Waals surface area contributed by atoms with Crippen LogP contribution < -0.4 is 0 Å². The van der Waals surface area contributed by atoms with E-state index in [-0.39, 0.29) is 5.56 Å². The summed E-state index contributed by atoms with van der Waals surface area (Å²) in [6.07, 6.45) is -4.34. The second-order valence-corrected chi connectivity index (χ2v) is 5.13. The van der Waals surface area contributed by atoms with Crippen LogP contribution in [-0.2, 0) is 11.8 Å². The van der Waals surface area contributed by atoms with E-state index in [0.717, 1.165) is 6.07 Å². The molecule has 1 nitrogen and oxygen atoms in total. The molecule has 1 heterocycles. The molecular weight excluding hydrogens is 256 g/mol. The van der Waals surface area contributed by atoms with E-state index in [1.165, 1.54) is 17.8 Å². The highest BCUT2D eigenvalue weighted by Gasteiger charge is 2.38. The van der Waals surface area contributed by atoms with Crippen molar-refractivity contribution in [3.8, 4) is 0 Å². The molecule has 1 unspecified atom stereocenters. The largest absolute Gasteiger partial charge is 0.419 e. The van der Waals surface area contributed by atoms with Gasteiger partial charge in [-0.15, -0.1) is 0 Å². The van der Waals surface area contributed by atoms with Crippen LogP contribution in [0.1, 0.15) is 17.5 Å². The van der Waals surface area contributed by atoms with Gasteiger partial charge in [0.2, 0.25) is 0 Å². The van der Waals surface area contributed by atoms with Crippen molar-refractivity contribution in [2.75, 3.05) is 11.5 Å². The molecule has 1 aromatic rings. The average molecular weight is 266 g/mol. The Morgan fingerprint density at radius 3 is 2.53 bits per heavy atom. The smallest absolute Gasteiger partial charge is 0.384 e. The molecule has 0 aliphatic carbocycles. The summed E-state index contributed by atoms with van der Waals surface area (Å²) in [7, 11) is 0. The molecular formula is C11H10F4OS. The number of aliphatic hydroxyl groups is 1. The molecule has 0 amide bonds. The summed E-state index contributed by atoms with van der Waals surface area (Å²) in [6.45, 7) is 0. The minimum absolute atomic E-state index is 0.135. The third-order valence-electron chi connectivity index (χ3n) is 2.81. The van der Waals surface area contributed by atoms with E-state index in [0.29, 0.717) is 24.0 Å². The Balaban J connectivity index is 2.44. The van der Waals surface area contributed by atoms with Gasteiger partial charge in [0.1, 0.15) is 5.82 Å². The van der Waals surface area contributed by atoms with E-state index < -0.39 is 23.2 Å². The maximum Gasteiger partial charge on any atom is 0.419 e. The zero-order valence-electron chi connectivity index (χ0n) is 8.72. The van der Waals surface area contributed by atoms with Gasteiger partial charge in [0.15, 0.2) is 0 Å². The average Bonchev–Trinajstić information content (AvgIpc) is 2.65. The van der Waals surface area contributed by atoms with Crippen LogP contribution in [0.5, 0.6) is 0 Å². The highest BCUT2D eigenvalue weighted by atomic mass is 32.2. The predicted octanol–water partition coefficient (Wildman–Crippen LogP) is 3.17. The van der Waals surface area contributed by atoms with Gasteiger partial charge in [0.25, 0.3) is 0 Å². The number of alkyl halides is 3. The van der Waals surface area contributed by atoms with Crippen molar-refractivity contribution >= 4 is 11.8 Å². The molecule has 1 aliphatic rings. The third kappa shape index (κ3) is 2.42. The monoisotopic (exact) mass is 266 g/mol. The van der Waals surface area contributed by atoms with Crippen LogP contribution in [-0.4, -0.2) is 16.6 Å². The summed E-state index contributed by atoms with van der Waals surface area (Å²) >= 11 is 1.47. The zero-order chi connectivity index (χ0) is 12.7. The van der Waals surface area contributed by atoms with Gasteiger partial charge in [0.05, 0.1) is 11.2 Å². The summed E-state index contributed by atoms with van der Waals surface area (Å²) in [5.41, 5.74) is -2.45. The highest BCUT2D eigenvalue weighted by molar-refractivity contribution is 7.99. The molecule has 0 aromatic heterocycles. The third-order valence-corrected chi connectivity index (χ3v) is 3.98. The first-order chi connectivity index (χ1) is 7.83. The van der Waals surface area contributed by atoms with Crippen LogP contribution in [0.25, 0.3) is 0 Å². The number of benzene rings is 1. The number of hydrogen-bond acceptors (Lipinski definition) is 2. The minimum atomic E-state index is -4.73. The molecule has 0 bridgehead atoms. The lowest BCUT2D eigenvalue weighted by atomic mass is 9.92.